The molecule has 1 saturated carbocycles. The molecule has 112 valence electrons. The molecular formula is C14H20ClNO3S. The van der Waals surface area contributed by atoms with E-state index in [4.69, 9.17) is 11.6 Å². The van der Waals surface area contributed by atoms with Gasteiger partial charge in [-0.15, -0.1) is 0 Å². The monoisotopic (exact) mass is 317 g/mol. The van der Waals surface area contributed by atoms with E-state index >= 15 is 0 Å². The molecule has 0 heterocycles. The van der Waals surface area contributed by atoms with Crippen LogP contribution in [-0.4, -0.2) is 26.2 Å². The Morgan fingerprint density at radius 3 is 2.80 bits per heavy atom. The van der Waals surface area contributed by atoms with Crippen molar-refractivity contribution >= 4 is 21.6 Å². The smallest absolute Gasteiger partial charge is 0.240 e. The van der Waals surface area contributed by atoms with Crippen molar-refractivity contribution in [3.8, 4) is 0 Å². The first-order valence-corrected chi connectivity index (χ1v) is 8.68. The number of sulfonamides is 1. The van der Waals surface area contributed by atoms with E-state index < -0.39 is 10.0 Å². The maximum absolute atomic E-state index is 12.2. The highest BCUT2D eigenvalue weighted by Gasteiger charge is 2.22. The Hall–Kier alpha value is -0.620. The van der Waals surface area contributed by atoms with E-state index in [-0.39, 0.29) is 16.9 Å². The van der Waals surface area contributed by atoms with Crippen molar-refractivity contribution in [1.29, 1.82) is 0 Å². The SMILES string of the molecule is Cc1ccc(S(=O)(=O)NC[C@H]2CCC[C@H](O)C2)cc1Cl. The molecular weight excluding hydrogens is 298 g/mol. The molecule has 0 amide bonds. The Morgan fingerprint density at radius 1 is 1.40 bits per heavy atom. The summed E-state index contributed by atoms with van der Waals surface area (Å²) >= 11 is 5.96. The average Bonchev–Trinajstić information content (AvgIpc) is 2.40. The third kappa shape index (κ3) is 3.95. The number of aliphatic hydroxyl groups is 1. The van der Waals surface area contributed by atoms with Crippen molar-refractivity contribution < 1.29 is 13.5 Å². The zero-order valence-corrected chi connectivity index (χ0v) is 13.0. The van der Waals surface area contributed by atoms with Crippen molar-refractivity contribution in [2.45, 2.75) is 43.6 Å². The van der Waals surface area contributed by atoms with Crippen molar-refractivity contribution in [3.63, 3.8) is 0 Å². The van der Waals surface area contributed by atoms with Gasteiger partial charge in [0.1, 0.15) is 0 Å². The largest absolute Gasteiger partial charge is 0.393 e. The van der Waals surface area contributed by atoms with Crippen LogP contribution < -0.4 is 4.72 Å². The highest BCUT2D eigenvalue weighted by Crippen LogP contribution is 2.24. The lowest BCUT2D eigenvalue weighted by Gasteiger charge is -2.25. The molecule has 0 aliphatic heterocycles. The molecule has 2 rings (SSSR count). The van der Waals surface area contributed by atoms with Crippen LogP contribution in [0.2, 0.25) is 5.02 Å². The van der Waals surface area contributed by atoms with Crippen LogP contribution in [0.5, 0.6) is 0 Å². The Labute approximate surface area is 125 Å². The van der Waals surface area contributed by atoms with Gasteiger partial charge in [-0.25, -0.2) is 13.1 Å². The molecule has 4 nitrogen and oxygen atoms in total. The van der Waals surface area contributed by atoms with E-state index in [1.807, 2.05) is 6.92 Å². The van der Waals surface area contributed by atoms with Gasteiger partial charge in [-0.05, 0) is 49.8 Å². The van der Waals surface area contributed by atoms with Gasteiger partial charge in [0, 0.05) is 11.6 Å². The fourth-order valence-corrected chi connectivity index (χ4v) is 3.89. The first-order valence-electron chi connectivity index (χ1n) is 6.82. The van der Waals surface area contributed by atoms with Crippen molar-refractivity contribution in [2.75, 3.05) is 6.54 Å². The number of nitrogens with one attached hydrogen (secondary N) is 1. The summed E-state index contributed by atoms with van der Waals surface area (Å²) in [7, 11) is -3.53. The topological polar surface area (TPSA) is 66.4 Å². The minimum Gasteiger partial charge on any atom is -0.393 e. The molecule has 1 aromatic rings. The van der Waals surface area contributed by atoms with Crippen LogP contribution >= 0.6 is 11.6 Å². The predicted octanol–water partition coefficient (Wildman–Crippen LogP) is 2.48. The lowest BCUT2D eigenvalue weighted by molar-refractivity contribution is 0.102. The van der Waals surface area contributed by atoms with Gasteiger partial charge in [0.15, 0.2) is 0 Å². The van der Waals surface area contributed by atoms with E-state index in [2.05, 4.69) is 4.72 Å². The van der Waals surface area contributed by atoms with Crippen LogP contribution in [0.25, 0.3) is 0 Å². The molecule has 0 spiro atoms. The minimum absolute atomic E-state index is 0.185. The summed E-state index contributed by atoms with van der Waals surface area (Å²) < 4.78 is 27.0. The van der Waals surface area contributed by atoms with Gasteiger partial charge in [-0.1, -0.05) is 24.1 Å². The van der Waals surface area contributed by atoms with Crippen LogP contribution in [-0.2, 0) is 10.0 Å². The summed E-state index contributed by atoms with van der Waals surface area (Å²) in [4.78, 5) is 0.185. The molecule has 2 N–H and O–H groups in total. The van der Waals surface area contributed by atoms with Gasteiger partial charge in [0.05, 0.1) is 11.0 Å². The van der Waals surface area contributed by atoms with E-state index in [9.17, 15) is 13.5 Å². The third-order valence-electron chi connectivity index (χ3n) is 3.77. The predicted molar refractivity (Wildman–Crippen MR) is 79.3 cm³/mol. The van der Waals surface area contributed by atoms with Gasteiger partial charge in [0.25, 0.3) is 0 Å². The average molecular weight is 318 g/mol. The maximum Gasteiger partial charge on any atom is 0.240 e. The molecule has 1 aliphatic carbocycles. The second kappa shape index (κ2) is 6.43. The van der Waals surface area contributed by atoms with E-state index in [1.165, 1.54) is 6.07 Å². The minimum atomic E-state index is -3.53. The van der Waals surface area contributed by atoms with Crippen molar-refractivity contribution in [1.82, 2.24) is 4.72 Å². The van der Waals surface area contributed by atoms with E-state index in [0.29, 0.717) is 18.0 Å². The first kappa shape index (κ1) is 15.8. The van der Waals surface area contributed by atoms with Crippen LogP contribution in [0.1, 0.15) is 31.2 Å². The second-order valence-electron chi connectivity index (χ2n) is 5.45. The van der Waals surface area contributed by atoms with E-state index in [1.54, 1.807) is 12.1 Å². The fourth-order valence-electron chi connectivity index (χ4n) is 2.50. The highest BCUT2D eigenvalue weighted by atomic mass is 35.5. The molecule has 0 radical (unpaired) electrons. The van der Waals surface area contributed by atoms with Crippen LogP contribution in [0, 0.1) is 12.8 Å². The second-order valence-corrected chi connectivity index (χ2v) is 7.62. The number of benzene rings is 1. The summed E-state index contributed by atoms with van der Waals surface area (Å²) in [6, 6.07) is 4.72. The molecule has 6 heteroatoms. The van der Waals surface area contributed by atoms with E-state index in [0.717, 1.165) is 24.8 Å². The Kier molecular flexibility index (Phi) is 5.07. The summed E-state index contributed by atoms with van der Waals surface area (Å²) in [6.07, 6.45) is 3.08. The number of aliphatic hydroxyl groups excluding tert-OH is 1. The number of hydrogen-bond donors (Lipinski definition) is 2. The fraction of sp³-hybridized carbons (Fsp3) is 0.571. The van der Waals surface area contributed by atoms with Crippen molar-refractivity contribution in [3.05, 3.63) is 28.8 Å². The molecule has 0 saturated heterocycles. The highest BCUT2D eigenvalue weighted by molar-refractivity contribution is 7.89. The Morgan fingerprint density at radius 2 is 2.15 bits per heavy atom. The van der Waals surface area contributed by atoms with Crippen molar-refractivity contribution in [2.24, 2.45) is 5.92 Å². The zero-order chi connectivity index (χ0) is 14.8. The molecule has 2 atom stereocenters. The van der Waals surface area contributed by atoms with Gasteiger partial charge >= 0.3 is 0 Å². The summed E-state index contributed by atoms with van der Waals surface area (Å²) in [6.45, 7) is 2.19. The Balaban J connectivity index is 2.01. The maximum atomic E-state index is 12.2. The number of aryl methyl sites for hydroxylation is 1. The molecule has 1 fully saturated rings. The number of rotatable bonds is 4. The van der Waals surface area contributed by atoms with Gasteiger partial charge in [0.2, 0.25) is 10.0 Å². The molecule has 0 aromatic heterocycles. The number of halogens is 1. The normalized spacial score (nSPS) is 23.8. The Bertz CT molecular complexity index is 574. The summed E-state index contributed by atoms with van der Waals surface area (Å²) in [5.41, 5.74) is 0.848. The third-order valence-corrected chi connectivity index (χ3v) is 5.60. The molecule has 1 aliphatic rings. The molecule has 1 aromatic carbocycles. The molecule has 0 unspecified atom stereocenters. The zero-order valence-electron chi connectivity index (χ0n) is 11.5. The molecule has 0 bridgehead atoms. The first-order chi connectivity index (χ1) is 9.38. The summed E-state index contributed by atoms with van der Waals surface area (Å²) in [5.74, 6) is 0.203. The number of hydrogen-bond acceptors (Lipinski definition) is 3. The summed E-state index contributed by atoms with van der Waals surface area (Å²) in [5, 5.41) is 10.0. The van der Waals surface area contributed by atoms with Crippen LogP contribution in [0.15, 0.2) is 23.1 Å². The van der Waals surface area contributed by atoms with Gasteiger partial charge in [-0.3, -0.25) is 0 Å². The lowest BCUT2D eigenvalue weighted by Crippen LogP contribution is -2.33. The van der Waals surface area contributed by atoms with Crippen LogP contribution in [0.3, 0.4) is 0 Å². The quantitative estimate of drug-likeness (QED) is 0.896. The molecule has 20 heavy (non-hydrogen) atoms. The van der Waals surface area contributed by atoms with Gasteiger partial charge < -0.3 is 5.11 Å². The van der Waals surface area contributed by atoms with Crippen LogP contribution in [0.4, 0.5) is 0 Å². The van der Waals surface area contributed by atoms with Gasteiger partial charge in [-0.2, -0.15) is 0 Å². The standard InChI is InChI=1S/C14H20ClNO3S/c1-10-5-6-13(8-14(10)15)20(18,19)16-9-11-3-2-4-12(17)7-11/h5-6,8,11-12,16-17H,2-4,7,9H2,1H3/t11-,12-/m0/s1. The lowest BCUT2D eigenvalue weighted by atomic mass is 9.87.